The molecule has 0 aliphatic carbocycles. The maximum Gasteiger partial charge on any atom is 0.248 e. The van der Waals surface area contributed by atoms with Gasteiger partial charge in [-0.05, 0) is 17.7 Å². The minimum absolute atomic E-state index is 0.416. The molecule has 2 rings (SSSR count). The van der Waals surface area contributed by atoms with Gasteiger partial charge in [-0.15, -0.1) is 0 Å². The summed E-state index contributed by atoms with van der Waals surface area (Å²) < 4.78 is 0. The smallest absolute Gasteiger partial charge is 0.248 e. The molecule has 1 fully saturated rings. The Morgan fingerprint density at radius 1 is 1.21 bits per heavy atom. The highest BCUT2D eigenvalue weighted by Gasteiger charge is 2.11. The molecule has 0 atom stereocenters. The van der Waals surface area contributed by atoms with Crippen LogP contribution >= 0.6 is 11.8 Å². The first kappa shape index (κ1) is 13.7. The number of carbonyl (C=O) groups excluding carboxylic acids is 1. The van der Waals surface area contributed by atoms with E-state index in [1.165, 1.54) is 0 Å². The van der Waals surface area contributed by atoms with E-state index in [1.807, 2.05) is 23.9 Å². The van der Waals surface area contributed by atoms with Crippen LogP contribution in [0.15, 0.2) is 29.3 Å². The second-order valence-corrected chi connectivity index (χ2v) is 5.56. The lowest BCUT2D eigenvalue weighted by molar-refractivity contribution is 0.100. The monoisotopic (exact) mass is 278 g/mol. The van der Waals surface area contributed by atoms with Crippen LogP contribution < -0.4 is 11.5 Å². The van der Waals surface area contributed by atoms with Crippen molar-refractivity contribution < 1.29 is 4.79 Å². The molecule has 1 aliphatic heterocycles. The van der Waals surface area contributed by atoms with Gasteiger partial charge in [0.2, 0.25) is 5.91 Å². The summed E-state index contributed by atoms with van der Waals surface area (Å²) in [4.78, 5) is 17.4. The van der Waals surface area contributed by atoms with Crippen LogP contribution in [-0.4, -0.2) is 41.4 Å². The maximum atomic E-state index is 11.0. The lowest BCUT2D eigenvalue weighted by atomic mass is 10.1. The third-order valence-electron chi connectivity index (χ3n) is 3.00. The summed E-state index contributed by atoms with van der Waals surface area (Å²) in [6.45, 7) is 2.44. The zero-order valence-corrected chi connectivity index (χ0v) is 11.5. The summed E-state index contributed by atoms with van der Waals surface area (Å²) in [7, 11) is 0. The van der Waals surface area contributed by atoms with Gasteiger partial charge in [0.05, 0.1) is 6.54 Å². The Bertz CT molecular complexity index is 466. The van der Waals surface area contributed by atoms with Gasteiger partial charge < -0.3 is 16.4 Å². The van der Waals surface area contributed by atoms with Crippen LogP contribution in [0.1, 0.15) is 15.9 Å². The number of primary amides is 1. The molecule has 0 aromatic heterocycles. The summed E-state index contributed by atoms with van der Waals surface area (Å²) in [5, 5.41) is 0. The summed E-state index contributed by atoms with van der Waals surface area (Å²) in [5.74, 6) is 2.38. The molecule has 0 saturated carbocycles. The molecule has 0 bridgehead atoms. The van der Waals surface area contributed by atoms with E-state index >= 15 is 0 Å². The molecule has 0 radical (unpaired) electrons. The van der Waals surface area contributed by atoms with Crippen molar-refractivity contribution in [2.45, 2.75) is 6.54 Å². The van der Waals surface area contributed by atoms with Crippen LogP contribution in [-0.2, 0) is 6.54 Å². The molecular weight excluding hydrogens is 260 g/mol. The van der Waals surface area contributed by atoms with E-state index in [4.69, 9.17) is 11.5 Å². The van der Waals surface area contributed by atoms with Crippen molar-refractivity contribution in [3.63, 3.8) is 0 Å². The Hall–Kier alpha value is -1.69. The summed E-state index contributed by atoms with van der Waals surface area (Å²) in [6.07, 6.45) is 0. The number of nitrogens with two attached hydrogens (primary N) is 2. The van der Waals surface area contributed by atoms with Crippen molar-refractivity contribution in [2.75, 3.05) is 24.6 Å². The van der Waals surface area contributed by atoms with Gasteiger partial charge in [-0.25, -0.2) is 4.99 Å². The fourth-order valence-corrected chi connectivity index (χ4v) is 2.74. The van der Waals surface area contributed by atoms with Crippen LogP contribution in [0.25, 0.3) is 0 Å². The van der Waals surface area contributed by atoms with Crippen LogP contribution in [0.4, 0.5) is 0 Å². The van der Waals surface area contributed by atoms with E-state index in [0.717, 1.165) is 30.2 Å². The number of rotatable bonds is 3. The molecule has 1 heterocycles. The summed E-state index contributed by atoms with van der Waals surface area (Å²) >= 11 is 1.94. The third kappa shape index (κ3) is 3.89. The molecule has 102 valence electrons. The van der Waals surface area contributed by atoms with Crippen LogP contribution in [0.3, 0.4) is 0 Å². The Morgan fingerprint density at radius 3 is 2.42 bits per heavy atom. The van der Waals surface area contributed by atoms with Crippen molar-refractivity contribution in [3.8, 4) is 0 Å². The lowest BCUT2D eigenvalue weighted by Crippen LogP contribution is -2.42. The molecule has 0 spiro atoms. The van der Waals surface area contributed by atoms with E-state index in [9.17, 15) is 4.79 Å². The lowest BCUT2D eigenvalue weighted by Gasteiger charge is -2.27. The summed E-state index contributed by atoms with van der Waals surface area (Å²) in [6, 6.07) is 7.12. The number of benzene rings is 1. The Kier molecular flexibility index (Phi) is 4.68. The van der Waals surface area contributed by atoms with Gasteiger partial charge in [0.15, 0.2) is 5.96 Å². The van der Waals surface area contributed by atoms with E-state index < -0.39 is 5.91 Å². The van der Waals surface area contributed by atoms with Crippen molar-refractivity contribution >= 4 is 23.6 Å². The minimum atomic E-state index is -0.416. The SMILES string of the molecule is NC(=O)c1ccc(CN=C(N)N2CCSCC2)cc1. The summed E-state index contributed by atoms with van der Waals surface area (Å²) in [5.41, 5.74) is 12.7. The first-order chi connectivity index (χ1) is 9.16. The fraction of sp³-hybridized carbons (Fsp3) is 0.385. The van der Waals surface area contributed by atoms with Gasteiger partial charge >= 0.3 is 0 Å². The highest BCUT2D eigenvalue weighted by molar-refractivity contribution is 7.99. The second-order valence-electron chi connectivity index (χ2n) is 4.34. The Labute approximate surface area is 117 Å². The second kappa shape index (κ2) is 6.47. The molecule has 4 N–H and O–H groups in total. The standard InChI is InChI=1S/C13H18N4OS/c14-12(18)11-3-1-10(2-4-11)9-16-13(15)17-5-7-19-8-6-17/h1-4H,5-9H2,(H2,14,18)(H2,15,16). The highest BCUT2D eigenvalue weighted by atomic mass is 32.2. The van der Waals surface area contributed by atoms with Crippen molar-refractivity contribution in [3.05, 3.63) is 35.4 Å². The van der Waals surface area contributed by atoms with E-state index in [-0.39, 0.29) is 0 Å². The number of hydrogen-bond donors (Lipinski definition) is 2. The van der Waals surface area contributed by atoms with E-state index in [0.29, 0.717) is 18.1 Å². The number of thioether (sulfide) groups is 1. The molecule has 1 saturated heterocycles. The van der Waals surface area contributed by atoms with Crippen LogP contribution in [0.2, 0.25) is 0 Å². The number of amides is 1. The van der Waals surface area contributed by atoms with Crippen LogP contribution in [0.5, 0.6) is 0 Å². The average Bonchev–Trinajstić information content (AvgIpc) is 2.46. The Balaban J connectivity index is 1.94. The molecule has 19 heavy (non-hydrogen) atoms. The highest BCUT2D eigenvalue weighted by Crippen LogP contribution is 2.09. The number of carbonyl (C=O) groups is 1. The van der Waals surface area contributed by atoms with Gasteiger partial charge in [0, 0.05) is 30.2 Å². The number of hydrogen-bond acceptors (Lipinski definition) is 3. The molecule has 1 aromatic carbocycles. The predicted octanol–water partition coefficient (Wildman–Crippen LogP) is 0.649. The predicted molar refractivity (Wildman–Crippen MR) is 79.2 cm³/mol. The van der Waals surface area contributed by atoms with E-state index in [2.05, 4.69) is 9.89 Å². The molecule has 0 unspecified atom stereocenters. The molecular formula is C13H18N4OS. The van der Waals surface area contributed by atoms with Crippen LogP contribution in [0, 0.1) is 0 Å². The normalized spacial score (nSPS) is 16.4. The van der Waals surface area contributed by atoms with Crippen molar-refractivity contribution in [1.82, 2.24) is 4.90 Å². The molecule has 1 amide bonds. The zero-order chi connectivity index (χ0) is 13.7. The zero-order valence-electron chi connectivity index (χ0n) is 10.7. The van der Waals surface area contributed by atoms with Crippen molar-refractivity contribution in [1.29, 1.82) is 0 Å². The van der Waals surface area contributed by atoms with Gasteiger partial charge in [-0.2, -0.15) is 11.8 Å². The fourth-order valence-electron chi connectivity index (χ4n) is 1.84. The third-order valence-corrected chi connectivity index (χ3v) is 3.94. The Morgan fingerprint density at radius 2 is 1.84 bits per heavy atom. The van der Waals surface area contributed by atoms with Gasteiger partial charge in [-0.3, -0.25) is 4.79 Å². The number of nitrogens with zero attached hydrogens (tertiary/aromatic N) is 2. The van der Waals surface area contributed by atoms with Gasteiger partial charge in [0.1, 0.15) is 0 Å². The quantitative estimate of drug-likeness (QED) is 0.628. The minimum Gasteiger partial charge on any atom is -0.370 e. The van der Waals surface area contributed by atoms with Gasteiger partial charge in [0.25, 0.3) is 0 Å². The molecule has 6 heteroatoms. The molecule has 1 aromatic rings. The number of guanidine groups is 1. The molecule has 5 nitrogen and oxygen atoms in total. The first-order valence-electron chi connectivity index (χ1n) is 6.18. The van der Waals surface area contributed by atoms with Gasteiger partial charge in [-0.1, -0.05) is 12.1 Å². The first-order valence-corrected chi connectivity index (χ1v) is 7.33. The van der Waals surface area contributed by atoms with Crippen molar-refractivity contribution in [2.24, 2.45) is 16.5 Å². The molecule has 1 aliphatic rings. The number of aliphatic imine (C=N–C) groups is 1. The van der Waals surface area contributed by atoms with E-state index in [1.54, 1.807) is 12.1 Å². The maximum absolute atomic E-state index is 11.0. The topological polar surface area (TPSA) is 84.7 Å². The largest absolute Gasteiger partial charge is 0.370 e. The average molecular weight is 278 g/mol.